The quantitative estimate of drug-likeness (QED) is 0.849. The Morgan fingerprint density at radius 1 is 1.08 bits per heavy atom. The van der Waals surface area contributed by atoms with Gasteiger partial charge in [-0.05, 0) is 18.2 Å². The van der Waals surface area contributed by atoms with Gasteiger partial charge in [-0.3, -0.25) is 19.8 Å². The second-order valence-corrected chi connectivity index (χ2v) is 6.65. The van der Waals surface area contributed by atoms with Crippen molar-refractivity contribution in [1.29, 1.82) is 0 Å². The van der Waals surface area contributed by atoms with Crippen molar-refractivity contribution in [3.05, 3.63) is 24.4 Å². The van der Waals surface area contributed by atoms with Crippen molar-refractivity contribution < 1.29 is 14.4 Å². The number of aromatic nitrogens is 1. The Balaban J connectivity index is 1.56. The van der Waals surface area contributed by atoms with Crippen molar-refractivity contribution in [2.75, 3.05) is 42.5 Å². The van der Waals surface area contributed by atoms with Gasteiger partial charge in [0.25, 0.3) is 0 Å². The number of fused-ring (bicyclic) bond motifs is 1. The van der Waals surface area contributed by atoms with Gasteiger partial charge in [-0.25, -0.2) is 4.79 Å². The number of hydrogen-bond donors (Lipinski definition) is 2. The van der Waals surface area contributed by atoms with E-state index in [9.17, 15) is 14.4 Å². The molecule has 136 valence electrons. The molecule has 26 heavy (non-hydrogen) atoms. The zero-order valence-corrected chi connectivity index (χ0v) is 14.6. The predicted molar refractivity (Wildman–Crippen MR) is 98.3 cm³/mol. The van der Waals surface area contributed by atoms with E-state index in [0.717, 1.165) is 48.5 Å². The maximum Gasteiger partial charge on any atom is 0.328 e. The number of piperazine rings is 1. The molecule has 1 aromatic heterocycles. The van der Waals surface area contributed by atoms with Crippen LogP contribution in [0.15, 0.2) is 24.4 Å². The first-order valence-corrected chi connectivity index (χ1v) is 8.76. The summed E-state index contributed by atoms with van der Waals surface area (Å²) in [5, 5.41) is 3.43. The summed E-state index contributed by atoms with van der Waals surface area (Å²) >= 11 is 0. The van der Waals surface area contributed by atoms with E-state index in [4.69, 9.17) is 0 Å². The third-order valence-electron chi connectivity index (χ3n) is 5.07. The van der Waals surface area contributed by atoms with Gasteiger partial charge in [0.2, 0.25) is 11.8 Å². The van der Waals surface area contributed by atoms with Crippen LogP contribution in [0, 0.1) is 0 Å². The first kappa shape index (κ1) is 16.4. The normalized spacial score (nSPS) is 18.4. The lowest BCUT2D eigenvalue weighted by Gasteiger charge is -2.35. The summed E-state index contributed by atoms with van der Waals surface area (Å²) in [4.78, 5) is 43.8. The van der Waals surface area contributed by atoms with Crippen LogP contribution in [0.3, 0.4) is 0 Å². The molecule has 0 saturated carbocycles. The third kappa shape index (κ3) is 2.87. The van der Waals surface area contributed by atoms with E-state index < -0.39 is 0 Å². The monoisotopic (exact) mass is 355 g/mol. The zero-order valence-electron chi connectivity index (χ0n) is 14.6. The molecule has 4 rings (SSSR count). The van der Waals surface area contributed by atoms with E-state index in [2.05, 4.69) is 15.2 Å². The van der Waals surface area contributed by atoms with Gasteiger partial charge in [-0.1, -0.05) is 0 Å². The number of nitrogens with zero attached hydrogens (tertiary/aromatic N) is 3. The first-order chi connectivity index (χ1) is 12.5. The highest BCUT2D eigenvalue weighted by atomic mass is 16.2. The standard InChI is InChI=1S/C18H21N5O3/c1-12(24)21-6-8-22(9-7-21)16-11-19-15-10-13(2-3-14(15)16)23-5-4-17(25)20-18(23)26/h2-3,10-11,19H,4-9H2,1H3,(H,20,25,26). The average molecular weight is 355 g/mol. The molecular weight excluding hydrogens is 334 g/mol. The van der Waals surface area contributed by atoms with E-state index >= 15 is 0 Å². The Morgan fingerprint density at radius 2 is 1.85 bits per heavy atom. The molecule has 2 N–H and O–H groups in total. The molecule has 0 aliphatic carbocycles. The summed E-state index contributed by atoms with van der Waals surface area (Å²) in [5.41, 5.74) is 2.81. The number of imide groups is 1. The number of rotatable bonds is 2. The summed E-state index contributed by atoms with van der Waals surface area (Å²) in [5.74, 6) is -0.120. The molecule has 0 unspecified atom stereocenters. The Morgan fingerprint density at radius 3 is 2.54 bits per heavy atom. The number of H-pyrrole nitrogens is 1. The number of aromatic amines is 1. The van der Waals surface area contributed by atoms with Gasteiger partial charge in [-0.15, -0.1) is 0 Å². The first-order valence-electron chi connectivity index (χ1n) is 8.76. The van der Waals surface area contributed by atoms with Crippen molar-refractivity contribution >= 4 is 40.1 Å². The smallest absolute Gasteiger partial charge is 0.328 e. The van der Waals surface area contributed by atoms with Crippen LogP contribution in [0.2, 0.25) is 0 Å². The molecule has 4 amide bonds. The van der Waals surface area contributed by atoms with Crippen LogP contribution in [0.1, 0.15) is 13.3 Å². The van der Waals surface area contributed by atoms with Crippen molar-refractivity contribution in [2.45, 2.75) is 13.3 Å². The maximum absolute atomic E-state index is 12.0. The van der Waals surface area contributed by atoms with Gasteiger partial charge >= 0.3 is 6.03 Å². The van der Waals surface area contributed by atoms with Crippen LogP contribution < -0.4 is 15.1 Å². The number of nitrogens with one attached hydrogen (secondary N) is 2. The van der Waals surface area contributed by atoms with Crippen LogP contribution in [-0.4, -0.2) is 60.5 Å². The second-order valence-electron chi connectivity index (χ2n) is 6.65. The minimum Gasteiger partial charge on any atom is -0.366 e. The SMILES string of the molecule is CC(=O)N1CCN(c2c[nH]c3cc(N4CCC(=O)NC4=O)ccc23)CC1. The molecule has 0 bridgehead atoms. The summed E-state index contributed by atoms with van der Waals surface area (Å²) in [6.45, 7) is 5.03. The van der Waals surface area contributed by atoms with Gasteiger partial charge in [0.1, 0.15) is 0 Å². The summed E-state index contributed by atoms with van der Waals surface area (Å²) in [7, 11) is 0. The fourth-order valence-electron chi connectivity index (χ4n) is 3.60. The Hall–Kier alpha value is -3.03. The number of carbonyl (C=O) groups excluding carboxylic acids is 3. The third-order valence-corrected chi connectivity index (χ3v) is 5.07. The molecule has 1 aromatic carbocycles. The molecule has 8 nitrogen and oxygen atoms in total. The lowest BCUT2D eigenvalue weighted by atomic mass is 10.1. The van der Waals surface area contributed by atoms with E-state index in [1.165, 1.54) is 0 Å². The Kier molecular flexibility index (Phi) is 4.02. The Labute approximate surface area is 150 Å². The molecule has 2 aliphatic heterocycles. The molecular formula is C18H21N5O3. The molecule has 0 spiro atoms. The van der Waals surface area contributed by atoms with Crippen LogP contribution >= 0.6 is 0 Å². The molecule has 8 heteroatoms. The lowest BCUT2D eigenvalue weighted by Crippen LogP contribution is -2.49. The number of urea groups is 1. The van der Waals surface area contributed by atoms with Crippen molar-refractivity contribution in [3.63, 3.8) is 0 Å². The summed E-state index contributed by atoms with van der Waals surface area (Å²) in [6.07, 6.45) is 2.28. The second kappa shape index (κ2) is 6.36. The minimum atomic E-state index is -0.382. The van der Waals surface area contributed by atoms with Gasteiger partial charge in [-0.2, -0.15) is 0 Å². The molecule has 2 fully saturated rings. The highest BCUT2D eigenvalue weighted by molar-refractivity contribution is 6.06. The van der Waals surface area contributed by atoms with Crippen molar-refractivity contribution in [2.24, 2.45) is 0 Å². The van der Waals surface area contributed by atoms with Gasteiger partial charge in [0, 0.05) is 68.9 Å². The highest BCUT2D eigenvalue weighted by Gasteiger charge is 2.25. The summed E-state index contributed by atoms with van der Waals surface area (Å²) < 4.78 is 0. The van der Waals surface area contributed by atoms with Crippen molar-refractivity contribution in [3.8, 4) is 0 Å². The average Bonchev–Trinajstić information content (AvgIpc) is 3.05. The van der Waals surface area contributed by atoms with Crippen LogP contribution in [0.25, 0.3) is 10.9 Å². The maximum atomic E-state index is 12.0. The van der Waals surface area contributed by atoms with Crippen LogP contribution in [-0.2, 0) is 9.59 Å². The van der Waals surface area contributed by atoms with E-state index in [1.54, 1.807) is 11.8 Å². The van der Waals surface area contributed by atoms with E-state index in [0.29, 0.717) is 13.0 Å². The van der Waals surface area contributed by atoms with E-state index in [1.807, 2.05) is 29.3 Å². The van der Waals surface area contributed by atoms with Crippen molar-refractivity contribution in [1.82, 2.24) is 15.2 Å². The predicted octanol–water partition coefficient (Wildman–Crippen LogP) is 1.28. The topological polar surface area (TPSA) is 88.8 Å². The zero-order chi connectivity index (χ0) is 18.3. The molecule has 0 radical (unpaired) electrons. The number of hydrogen-bond acceptors (Lipinski definition) is 4. The van der Waals surface area contributed by atoms with E-state index in [-0.39, 0.29) is 17.8 Å². The molecule has 3 heterocycles. The molecule has 0 atom stereocenters. The van der Waals surface area contributed by atoms with Gasteiger partial charge in [0.05, 0.1) is 5.69 Å². The lowest BCUT2D eigenvalue weighted by molar-refractivity contribution is -0.129. The summed E-state index contributed by atoms with van der Waals surface area (Å²) in [6, 6.07) is 5.45. The highest BCUT2D eigenvalue weighted by Crippen LogP contribution is 2.31. The Bertz CT molecular complexity index is 882. The largest absolute Gasteiger partial charge is 0.366 e. The van der Waals surface area contributed by atoms with Gasteiger partial charge in [0.15, 0.2) is 0 Å². The number of benzene rings is 1. The fourth-order valence-corrected chi connectivity index (χ4v) is 3.60. The molecule has 2 saturated heterocycles. The number of amides is 4. The van der Waals surface area contributed by atoms with Crippen LogP contribution in [0.5, 0.6) is 0 Å². The van der Waals surface area contributed by atoms with Crippen LogP contribution in [0.4, 0.5) is 16.2 Å². The van der Waals surface area contributed by atoms with Gasteiger partial charge < -0.3 is 14.8 Å². The minimum absolute atomic E-state index is 0.117. The molecule has 2 aromatic rings. The number of carbonyl (C=O) groups is 3. The number of anilines is 2. The fraction of sp³-hybridized carbons (Fsp3) is 0.389. The molecule has 2 aliphatic rings.